The van der Waals surface area contributed by atoms with Crippen molar-refractivity contribution >= 4 is 52.1 Å². The molecule has 2 aromatic carbocycles. The third kappa shape index (κ3) is 5.65. The number of thiocarbonyl (C=S) groups is 1. The maximum absolute atomic E-state index is 12.5. The van der Waals surface area contributed by atoms with E-state index in [1.54, 1.807) is 36.4 Å². The zero-order valence-corrected chi connectivity index (χ0v) is 17.8. The van der Waals surface area contributed by atoms with E-state index in [-0.39, 0.29) is 12.5 Å². The highest BCUT2D eigenvalue weighted by molar-refractivity contribution is 8.26. The third-order valence-corrected chi connectivity index (χ3v) is 5.54. The van der Waals surface area contributed by atoms with E-state index in [1.165, 1.54) is 4.90 Å². The molecule has 3 rings (SSSR count). The van der Waals surface area contributed by atoms with Gasteiger partial charge in [-0.05, 0) is 30.7 Å². The molecule has 152 valence electrons. The van der Waals surface area contributed by atoms with Gasteiger partial charge < -0.3 is 0 Å². The highest BCUT2D eigenvalue weighted by Gasteiger charge is 2.33. The molecule has 1 saturated heterocycles. The number of hydrogen-bond acceptors (Lipinski definition) is 5. The first-order chi connectivity index (χ1) is 14.4. The quantitative estimate of drug-likeness (QED) is 0.427. The average molecular weight is 438 g/mol. The lowest BCUT2D eigenvalue weighted by Crippen LogP contribution is -2.47. The lowest BCUT2D eigenvalue weighted by molar-refractivity contribution is -0.129. The fourth-order valence-electron chi connectivity index (χ4n) is 2.55. The minimum absolute atomic E-state index is 0.279. The standard InChI is InChI=1S/C22H19N3O3S2/c1-15-10-12-17(13-11-15)20(27)24-23-19(26)14-25-21(28)18(30-22(25)29)9-5-8-16-6-3-2-4-7-16/h2-13H,14H2,1H3,(H,23,26)(H,24,27)/b8-5+,18-9-. The summed E-state index contributed by atoms with van der Waals surface area (Å²) < 4.78 is 0.291. The smallest absolute Gasteiger partial charge is 0.269 e. The Morgan fingerprint density at radius 2 is 1.77 bits per heavy atom. The molecule has 0 saturated carbocycles. The van der Waals surface area contributed by atoms with Gasteiger partial charge in [0.25, 0.3) is 17.7 Å². The van der Waals surface area contributed by atoms with Crippen molar-refractivity contribution in [2.75, 3.05) is 6.54 Å². The molecule has 6 nitrogen and oxygen atoms in total. The molecule has 30 heavy (non-hydrogen) atoms. The fraction of sp³-hybridized carbons (Fsp3) is 0.0909. The molecule has 1 heterocycles. The number of amides is 3. The summed E-state index contributed by atoms with van der Waals surface area (Å²) in [6.07, 6.45) is 5.31. The zero-order valence-electron chi connectivity index (χ0n) is 16.1. The molecule has 3 amide bonds. The van der Waals surface area contributed by atoms with E-state index in [0.29, 0.717) is 14.8 Å². The van der Waals surface area contributed by atoms with Crippen molar-refractivity contribution in [1.29, 1.82) is 0 Å². The predicted octanol–water partition coefficient (Wildman–Crippen LogP) is 3.21. The van der Waals surface area contributed by atoms with Crippen molar-refractivity contribution in [1.82, 2.24) is 15.8 Å². The predicted molar refractivity (Wildman–Crippen MR) is 122 cm³/mol. The largest absolute Gasteiger partial charge is 0.283 e. The van der Waals surface area contributed by atoms with E-state index in [0.717, 1.165) is 22.9 Å². The third-order valence-electron chi connectivity index (χ3n) is 4.14. The molecule has 0 unspecified atom stereocenters. The van der Waals surface area contributed by atoms with E-state index in [4.69, 9.17) is 12.2 Å². The van der Waals surface area contributed by atoms with Crippen molar-refractivity contribution in [3.05, 3.63) is 88.3 Å². The number of benzene rings is 2. The van der Waals surface area contributed by atoms with Crippen molar-refractivity contribution in [2.24, 2.45) is 0 Å². The van der Waals surface area contributed by atoms with Gasteiger partial charge in [0.2, 0.25) is 0 Å². The fourth-order valence-corrected chi connectivity index (χ4v) is 3.75. The summed E-state index contributed by atoms with van der Waals surface area (Å²) in [6, 6.07) is 16.6. The maximum atomic E-state index is 12.5. The van der Waals surface area contributed by atoms with E-state index < -0.39 is 11.8 Å². The van der Waals surface area contributed by atoms with Crippen LogP contribution in [-0.4, -0.2) is 33.5 Å². The lowest BCUT2D eigenvalue weighted by atomic mass is 10.1. The first-order valence-electron chi connectivity index (χ1n) is 9.07. The van der Waals surface area contributed by atoms with Crippen LogP contribution in [0.3, 0.4) is 0 Å². The van der Waals surface area contributed by atoms with Gasteiger partial charge >= 0.3 is 0 Å². The maximum Gasteiger partial charge on any atom is 0.269 e. The summed E-state index contributed by atoms with van der Waals surface area (Å²) in [6.45, 7) is 1.64. The van der Waals surface area contributed by atoms with Crippen LogP contribution in [0.2, 0.25) is 0 Å². The molecular weight excluding hydrogens is 418 g/mol. The number of hydrazine groups is 1. The summed E-state index contributed by atoms with van der Waals surface area (Å²) in [5.74, 6) is -1.34. The molecular formula is C22H19N3O3S2. The number of rotatable bonds is 5. The summed E-state index contributed by atoms with van der Waals surface area (Å²) >= 11 is 6.35. The van der Waals surface area contributed by atoms with Gasteiger partial charge in [0, 0.05) is 5.56 Å². The van der Waals surface area contributed by atoms with Gasteiger partial charge in [0.05, 0.1) is 4.91 Å². The van der Waals surface area contributed by atoms with Gasteiger partial charge in [0.15, 0.2) is 0 Å². The molecule has 1 aliphatic rings. The average Bonchev–Trinajstić information content (AvgIpc) is 3.01. The molecule has 1 fully saturated rings. The number of carbonyl (C=O) groups excluding carboxylic acids is 3. The number of aryl methyl sites for hydroxylation is 1. The van der Waals surface area contributed by atoms with Gasteiger partial charge in [-0.1, -0.05) is 84.2 Å². The Morgan fingerprint density at radius 1 is 1.07 bits per heavy atom. The highest BCUT2D eigenvalue weighted by atomic mass is 32.2. The van der Waals surface area contributed by atoms with E-state index in [1.807, 2.05) is 43.3 Å². The number of thioether (sulfide) groups is 1. The van der Waals surface area contributed by atoms with Crippen molar-refractivity contribution in [3.63, 3.8) is 0 Å². The molecule has 0 aliphatic carbocycles. The molecule has 1 aliphatic heterocycles. The first-order valence-corrected chi connectivity index (χ1v) is 10.3. The Balaban J connectivity index is 1.53. The molecule has 0 radical (unpaired) electrons. The topological polar surface area (TPSA) is 78.5 Å². The van der Waals surface area contributed by atoms with Crippen LogP contribution in [0.15, 0.2) is 71.7 Å². The minimum atomic E-state index is -0.548. The zero-order chi connectivity index (χ0) is 21.5. The molecule has 0 atom stereocenters. The van der Waals surface area contributed by atoms with E-state index in [9.17, 15) is 14.4 Å². The van der Waals surface area contributed by atoms with Crippen LogP contribution >= 0.6 is 24.0 Å². The number of nitrogens with one attached hydrogen (secondary N) is 2. The van der Waals surface area contributed by atoms with Gasteiger partial charge in [-0.15, -0.1) is 0 Å². The Labute approximate surface area is 184 Å². The molecule has 0 bridgehead atoms. The number of nitrogens with zero attached hydrogens (tertiary/aromatic N) is 1. The highest BCUT2D eigenvalue weighted by Crippen LogP contribution is 2.30. The second kappa shape index (κ2) is 10.00. The second-order valence-electron chi connectivity index (χ2n) is 6.43. The van der Waals surface area contributed by atoms with Crippen molar-refractivity contribution in [3.8, 4) is 0 Å². The molecule has 2 aromatic rings. The van der Waals surface area contributed by atoms with Crippen LogP contribution < -0.4 is 10.9 Å². The monoisotopic (exact) mass is 437 g/mol. The molecule has 0 spiro atoms. The lowest BCUT2D eigenvalue weighted by Gasteiger charge is -2.14. The second-order valence-corrected chi connectivity index (χ2v) is 8.10. The Bertz CT molecular complexity index is 1030. The van der Waals surface area contributed by atoms with Crippen LogP contribution in [-0.2, 0) is 9.59 Å². The molecule has 8 heteroatoms. The summed E-state index contributed by atoms with van der Waals surface area (Å²) in [5.41, 5.74) is 7.09. The van der Waals surface area contributed by atoms with Gasteiger partial charge in [-0.3, -0.25) is 30.1 Å². The first kappa shape index (κ1) is 21.5. The van der Waals surface area contributed by atoms with Gasteiger partial charge in [0.1, 0.15) is 10.9 Å². The van der Waals surface area contributed by atoms with Gasteiger partial charge in [-0.25, -0.2) is 0 Å². The van der Waals surface area contributed by atoms with E-state index >= 15 is 0 Å². The molecule has 2 N–H and O–H groups in total. The molecule has 0 aromatic heterocycles. The number of hydrogen-bond donors (Lipinski definition) is 2. The minimum Gasteiger partial charge on any atom is -0.283 e. The Hall–Kier alpha value is -3.23. The number of carbonyl (C=O) groups is 3. The Kier molecular flexibility index (Phi) is 7.16. The van der Waals surface area contributed by atoms with E-state index in [2.05, 4.69) is 10.9 Å². The van der Waals surface area contributed by atoms with Crippen LogP contribution in [0.25, 0.3) is 6.08 Å². The summed E-state index contributed by atoms with van der Waals surface area (Å²) in [5, 5.41) is 0. The van der Waals surface area contributed by atoms with Crippen LogP contribution in [0.4, 0.5) is 0 Å². The van der Waals surface area contributed by atoms with Gasteiger partial charge in [-0.2, -0.15) is 0 Å². The van der Waals surface area contributed by atoms with Crippen LogP contribution in [0.1, 0.15) is 21.5 Å². The number of allylic oxidation sites excluding steroid dienone is 2. The summed E-state index contributed by atoms with van der Waals surface area (Å²) in [4.78, 5) is 38.4. The van der Waals surface area contributed by atoms with Crippen molar-refractivity contribution in [2.45, 2.75) is 6.92 Å². The Morgan fingerprint density at radius 3 is 2.47 bits per heavy atom. The SMILES string of the molecule is Cc1ccc(C(=O)NNC(=O)CN2C(=O)/C(=C/C=C/c3ccccc3)SC2=S)cc1. The van der Waals surface area contributed by atoms with Crippen molar-refractivity contribution < 1.29 is 14.4 Å². The summed E-state index contributed by atoms with van der Waals surface area (Å²) in [7, 11) is 0. The normalized spacial score (nSPS) is 15.1. The van der Waals surface area contributed by atoms with Crippen LogP contribution in [0.5, 0.6) is 0 Å². The van der Waals surface area contributed by atoms with Crippen LogP contribution in [0, 0.1) is 6.92 Å².